The fraction of sp³-hybridized carbons (Fsp3) is 0.400. The second-order valence-electron chi connectivity index (χ2n) is 9.03. The molecule has 1 heterocycles. The van der Waals surface area contributed by atoms with Crippen molar-refractivity contribution >= 4 is 22.5 Å². The largest absolute Gasteiger partial charge is 0.428 e. The third-order valence-corrected chi connectivity index (χ3v) is 6.76. The molecule has 0 saturated carbocycles. The van der Waals surface area contributed by atoms with E-state index in [9.17, 15) is 23.2 Å². The van der Waals surface area contributed by atoms with Gasteiger partial charge in [0, 0.05) is 10.6 Å². The van der Waals surface area contributed by atoms with Crippen LogP contribution in [0.25, 0.3) is 10.9 Å². The zero-order valence-corrected chi connectivity index (χ0v) is 19.2. The Labute approximate surface area is 195 Å². The van der Waals surface area contributed by atoms with E-state index >= 15 is 0 Å². The number of halogens is 4. The third-order valence-electron chi connectivity index (χ3n) is 6.52. The van der Waals surface area contributed by atoms with Crippen LogP contribution in [0.5, 0.6) is 0 Å². The van der Waals surface area contributed by atoms with Crippen LogP contribution in [0.15, 0.2) is 47.3 Å². The molecule has 2 aromatic carbocycles. The van der Waals surface area contributed by atoms with Crippen LogP contribution in [0.3, 0.4) is 0 Å². The van der Waals surface area contributed by atoms with E-state index in [-0.39, 0.29) is 23.3 Å². The summed E-state index contributed by atoms with van der Waals surface area (Å²) < 4.78 is 42.2. The molecule has 176 valence electrons. The normalized spacial score (nSPS) is 18.6. The lowest BCUT2D eigenvalue weighted by atomic mass is 9.73. The van der Waals surface area contributed by atoms with Gasteiger partial charge in [-0.25, -0.2) is 0 Å². The van der Waals surface area contributed by atoms with Gasteiger partial charge in [0.25, 0.3) is 0 Å². The maximum Gasteiger partial charge on any atom is 0.416 e. The van der Waals surface area contributed by atoms with E-state index in [1.165, 1.54) is 18.2 Å². The first-order valence-corrected chi connectivity index (χ1v) is 11.3. The minimum atomic E-state index is -4.48. The lowest BCUT2D eigenvalue weighted by Crippen LogP contribution is -2.30. The highest BCUT2D eigenvalue weighted by Gasteiger charge is 2.39. The van der Waals surface area contributed by atoms with Gasteiger partial charge in [0.05, 0.1) is 22.2 Å². The Balaban J connectivity index is 1.87. The lowest BCUT2D eigenvalue weighted by molar-refractivity contribution is -0.138. The van der Waals surface area contributed by atoms with Crippen molar-refractivity contribution in [3.8, 4) is 0 Å². The predicted octanol–water partition coefficient (Wildman–Crippen LogP) is 6.07. The Hall–Kier alpha value is -2.51. The standard InChI is InChI=1S/C25H26ClF3N2O2/c1-30(2)11-5-6-15-12-16(18-7-3-4-8-20(18)25(27,28)29)13-22-23(15)24(32)19-14-17(26)9-10-21(19)31(22)33/h3-4,7-10,14-16,33H,5-6,11-13H2,1-2H3. The molecule has 0 amide bonds. The minimum Gasteiger partial charge on any atom is -0.428 e. The number of hydrogen-bond acceptors (Lipinski definition) is 3. The highest BCUT2D eigenvalue weighted by atomic mass is 35.5. The van der Waals surface area contributed by atoms with Crippen molar-refractivity contribution in [1.82, 2.24) is 9.63 Å². The molecule has 0 spiro atoms. The van der Waals surface area contributed by atoms with Gasteiger partial charge in [0.1, 0.15) is 0 Å². The maximum absolute atomic E-state index is 13.8. The van der Waals surface area contributed by atoms with E-state index in [1.54, 1.807) is 18.2 Å². The highest BCUT2D eigenvalue weighted by Crippen LogP contribution is 2.45. The van der Waals surface area contributed by atoms with Crippen LogP contribution < -0.4 is 5.43 Å². The number of alkyl halides is 3. The first-order chi connectivity index (χ1) is 15.6. The van der Waals surface area contributed by atoms with Gasteiger partial charge in [-0.05, 0) is 88.0 Å². The maximum atomic E-state index is 13.8. The average Bonchev–Trinajstić information content (AvgIpc) is 2.76. The van der Waals surface area contributed by atoms with E-state index < -0.39 is 17.7 Å². The van der Waals surface area contributed by atoms with E-state index in [0.29, 0.717) is 40.0 Å². The van der Waals surface area contributed by atoms with Crippen molar-refractivity contribution in [2.45, 2.75) is 43.7 Å². The summed E-state index contributed by atoms with van der Waals surface area (Å²) in [6, 6.07) is 10.3. The summed E-state index contributed by atoms with van der Waals surface area (Å²) in [6.07, 6.45) is -2.50. The van der Waals surface area contributed by atoms with Crippen LogP contribution in [-0.4, -0.2) is 35.5 Å². The van der Waals surface area contributed by atoms with E-state index in [0.717, 1.165) is 23.8 Å². The van der Waals surface area contributed by atoms with Gasteiger partial charge in [-0.2, -0.15) is 17.9 Å². The van der Waals surface area contributed by atoms with Crippen LogP contribution in [0.1, 0.15) is 53.5 Å². The first-order valence-electron chi connectivity index (χ1n) is 10.9. The second-order valence-corrected chi connectivity index (χ2v) is 9.46. The molecule has 1 aromatic heterocycles. The van der Waals surface area contributed by atoms with Crippen LogP contribution in [-0.2, 0) is 12.6 Å². The van der Waals surface area contributed by atoms with Crippen molar-refractivity contribution in [2.75, 3.05) is 20.6 Å². The molecule has 1 aliphatic rings. The van der Waals surface area contributed by atoms with Crippen molar-refractivity contribution < 1.29 is 18.4 Å². The molecule has 8 heteroatoms. The molecule has 0 radical (unpaired) electrons. The number of rotatable bonds is 5. The number of hydrogen-bond donors (Lipinski definition) is 1. The Kier molecular flexibility index (Phi) is 6.47. The molecule has 0 saturated heterocycles. The van der Waals surface area contributed by atoms with Gasteiger partial charge in [-0.3, -0.25) is 4.79 Å². The summed E-state index contributed by atoms with van der Waals surface area (Å²) >= 11 is 6.10. The molecule has 2 atom stereocenters. The molecule has 4 nitrogen and oxygen atoms in total. The van der Waals surface area contributed by atoms with Crippen molar-refractivity contribution in [1.29, 1.82) is 0 Å². The molecule has 33 heavy (non-hydrogen) atoms. The van der Waals surface area contributed by atoms with Crippen molar-refractivity contribution in [2.24, 2.45) is 0 Å². The fourth-order valence-corrected chi connectivity index (χ4v) is 5.24. The summed E-state index contributed by atoms with van der Waals surface area (Å²) in [6.45, 7) is 0.794. The molecule has 0 fully saturated rings. The monoisotopic (exact) mass is 478 g/mol. The van der Waals surface area contributed by atoms with E-state index in [4.69, 9.17) is 11.6 Å². The van der Waals surface area contributed by atoms with Crippen LogP contribution >= 0.6 is 11.6 Å². The zero-order valence-electron chi connectivity index (χ0n) is 18.5. The number of nitrogens with zero attached hydrogens (tertiary/aromatic N) is 2. The van der Waals surface area contributed by atoms with Crippen molar-refractivity contribution in [3.63, 3.8) is 0 Å². The molecule has 1 N–H and O–H groups in total. The Morgan fingerprint density at radius 2 is 1.91 bits per heavy atom. The topological polar surface area (TPSA) is 45.5 Å². The Bertz CT molecular complexity index is 1240. The van der Waals surface area contributed by atoms with E-state index in [1.807, 2.05) is 19.0 Å². The van der Waals surface area contributed by atoms with Gasteiger partial charge in [-0.1, -0.05) is 29.8 Å². The number of aromatic nitrogens is 1. The molecular formula is C25H26ClF3N2O2. The summed E-state index contributed by atoms with van der Waals surface area (Å²) in [5.74, 6) is -0.739. The highest BCUT2D eigenvalue weighted by molar-refractivity contribution is 6.31. The quantitative estimate of drug-likeness (QED) is 0.453. The number of pyridine rings is 1. The molecule has 0 aliphatic heterocycles. The average molecular weight is 479 g/mol. The number of benzene rings is 2. The molecule has 1 aliphatic carbocycles. The predicted molar refractivity (Wildman–Crippen MR) is 123 cm³/mol. The molecule has 2 unspecified atom stereocenters. The van der Waals surface area contributed by atoms with Crippen molar-refractivity contribution in [3.05, 3.63) is 80.1 Å². The molecule has 0 bridgehead atoms. The summed E-state index contributed by atoms with van der Waals surface area (Å²) in [4.78, 5) is 15.5. The van der Waals surface area contributed by atoms with Crippen LogP contribution in [0.4, 0.5) is 13.2 Å². The van der Waals surface area contributed by atoms with Gasteiger partial charge in [0.15, 0.2) is 5.43 Å². The van der Waals surface area contributed by atoms with Crippen LogP contribution in [0.2, 0.25) is 5.02 Å². The Morgan fingerprint density at radius 1 is 1.18 bits per heavy atom. The van der Waals surface area contributed by atoms with Gasteiger partial charge >= 0.3 is 6.18 Å². The number of fused-ring (bicyclic) bond motifs is 2. The lowest BCUT2D eigenvalue weighted by Gasteiger charge is -2.34. The van der Waals surface area contributed by atoms with E-state index in [2.05, 4.69) is 0 Å². The smallest absolute Gasteiger partial charge is 0.416 e. The second kappa shape index (κ2) is 9.03. The molecular weight excluding hydrogens is 453 g/mol. The van der Waals surface area contributed by atoms with Gasteiger partial charge in [-0.15, -0.1) is 0 Å². The first kappa shape index (κ1) is 23.6. The van der Waals surface area contributed by atoms with Gasteiger partial charge in [0.2, 0.25) is 0 Å². The summed E-state index contributed by atoms with van der Waals surface area (Å²) in [5.41, 5.74) is 0.525. The van der Waals surface area contributed by atoms with Crippen LogP contribution in [0, 0.1) is 0 Å². The summed E-state index contributed by atoms with van der Waals surface area (Å²) in [7, 11) is 3.90. The zero-order chi connectivity index (χ0) is 23.9. The minimum absolute atomic E-state index is 0.150. The SMILES string of the molecule is CN(C)CCCC1CC(c2ccccc2C(F)(F)F)Cc2c1c(=O)c1cc(Cl)ccc1n2O. The summed E-state index contributed by atoms with van der Waals surface area (Å²) in [5, 5.41) is 11.7. The van der Waals surface area contributed by atoms with Gasteiger partial charge < -0.3 is 10.1 Å². The molecule has 4 rings (SSSR count). The third kappa shape index (κ3) is 4.62. The fourth-order valence-electron chi connectivity index (χ4n) is 5.07. The Morgan fingerprint density at radius 3 is 2.61 bits per heavy atom. The molecule has 3 aromatic rings.